The third-order valence-corrected chi connectivity index (χ3v) is 4.05. The third kappa shape index (κ3) is 1.87. The van der Waals surface area contributed by atoms with Gasteiger partial charge in [-0.25, -0.2) is 4.39 Å². The normalized spacial score (nSPS) is 11.3. The van der Waals surface area contributed by atoms with Gasteiger partial charge in [0.1, 0.15) is 0 Å². The van der Waals surface area contributed by atoms with Crippen LogP contribution in [0.2, 0.25) is 0 Å². The second-order valence-electron chi connectivity index (χ2n) is 5.43. The van der Waals surface area contributed by atoms with Gasteiger partial charge in [-0.15, -0.1) is 0 Å². The number of carbonyl (C=O) groups excluding carboxylic acids is 2. The molecule has 0 bridgehead atoms. The molecule has 3 nitrogen and oxygen atoms in total. The number of para-hydroxylation sites is 1. The van der Waals surface area contributed by atoms with Crippen molar-refractivity contribution in [3.63, 3.8) is 0 Å². The van der Waals surface area contributed by atoms with Gasteiger partial charge >= 0.3 is 0 Å². The quantitative estimate of drug-likeness (QED) is 0.727. The van der Waals surface area contributed by atoms with Crippen molar-refractivity contribution in [2.75, 3.05) is 0 Å². The fourth-order valence-electron chi connectivity index (χ4n) is 3.18. The molecule has 1 heterocycles. The molecule has 0 amide bonds. The van der Waals surface area contributed by atoms with Gasteiger partial charge in [-0.05, 0) is 26.3 Å². The molecule has 3 aromatic rings. The van der Waals surface area contributed by atoms with E-state index >= 15 is 0 Å². The lowest BCUT2D eigenvalue weighted by Gasteiger charge is -2.13. The highest BCUT2D eigenvalue weighted by Crippen LogP contribution is 2.35. The molecule has 1 aromatic heterocycles. The molecule has 0 atom stereocenters. The monoisotopic (exact) mass is 297 g/mol. The van der Waals surface area contributed by atoms with Crippen LogP contribution >= 0.6 is 0 Å². The summed E-state index contributed by atoms with van der Waals surface area (Å²) in [6.45, 7) is 4.57. The number of aromatic amines is 1. The predicted molar refractivity (Wildman–Crippen MR) is 85.1 cm³/mol. The first-order valence-corrected chi connectivity index (χ1v) is 7.24. The number of H-pyrrole nitrogens is 1. The minimum absolute atomic E-state index is 0.213. The Labute approximate surface area is 127 Å². The second kappa shape index (κ2) is 5.05. The maximum atomic E-state index is 14.9. The highest BCUT2D eigenvalue weighted by atomic mass is 19.1. The molecule has 2 aromatic carbocycles. The van der Waals surface area contributed by atoms with Gasteiger partial charge in [0.25, 0.3) is 0 Å². The number of fused-ring (bicyclic) bond motifs is 3. The molecule has 0 saturated heterocycles. The van der Waals surface area contributed by atoms with Crippen LogP contribution in [0.5, 0.6) is 0 Å². The van der Waals surface area contributed by atoms with Crippen LogP contribution < -0.4 is 0 Å². The Hall–Kier alpha value is -2.49. The van der Waals surface area contributed by atoms with Crippen LogP contribution in [-0.4, -0.2) is 16.6 Å². The zero-order chi connectivity index (χ0) is 16.0. The van der Waals surface area contributed by atoms with Crippen molar-refractivity contribution >= 4 is 33.4 Å². The van der Waals surface area contributed by atoms with Gasteiger partial charge in [-0.2, -0.15) is 0 Å². The van der Waals surface area contributed by atoms with Gasteiger partial charge in [-0.3, -0.25) is 9.59 Å². The molecule has 4 heteroatoms. The van der Waals surface area contributed by atoms with Crippen LogP contribution in [0, 0.1) is 5.82 Å². The minimum Gasteiger partial charge on any atom is -0.352 e. The first-order chi connectivity index (χ1) is 10.5. The zero-order valence-electron chi connectivity index (χ0n) is 12.7. The molecule has 0 aliphatic rings. The molecule has 0 unspecified atom stereocenters. The average Bonchev–Trinajstić information content (AvgIpc) is 2.86. The molecule has 0 radical (unpaired) electrons. The Bertz CT molecular complexity index is 937. The fraction of sp³-hybridized carbons (Fsp3) is 0.222. The fourth-order valence-corrected chi connectivity index (χ4v) is 3.18. The van der Waals surface area contributed by atoms with Crippen molar-refractivity contribution in [2.45, 2.75) is 27.2 Å². The summed E-state index contributed by atoms with van der Waals surface area (Å²) < 4.78 is 14.9. The smallest absolute Gasteiger partial charge is 0.161 e. The first-order valence-electron chi connectivity index (χ1n) is 7.24. The Morgan fingerprint density at radius 3 is 2.32 bits per heavy atom. The van der Waals surface area contributed by atoms with E-state index in [-0.39, 0.29) is 17.1 Å². The number of nitrogens with one attached hydrogen (secondary N) is 1. The number of rotatable bonds is 3. The molecule has 0 aliphatic heterocycles. The van der Waals surface area contributed by atoms with Crippen LogP contribution in [0.3, 0.4) is 0 Å². The summed E-state index contributed by atoms with van der Waals surface area (Å²) in [5, 5.41) is 1.26. The van der Waals surface area contributed by atoms with E-state index in [1.54, 1.807) is 6.92 Å². The number of carbonyl (C=O) groups is 2. The lowest BCUT2D eigenvalue weighted by atomic mass is 9.90. The van der Waals surface area contributed by atoms with Crippen LogP contribution in [0.1, 0.15) is 47.1 Å². The highest BCUT2D eigenvalue weighted by molar-refractivity contribution is 6.23. The maximum Gasteiger partial charge on any atom is 0.161 e. The van der Waals surface area contributed by atoms with Crippen LogP contribution in [0.4, 0.5) is 4.39 Å². The van der Waals surface area contributed by atoms with Gasteiger partial charge < -0.3 is 4.98 Å². The molecule has 112 valence electrons. The largest absolute Gasteiger partial charge is 0.352 e. The van der Waals surface area contributed by atoms with E-state index < -0.39 is 5.82 Å². The van der Waals surface area contributed by atoms with Crippen LogP contribution in [-0.2, 0) is 6.42 Å². The molecule has 3 rings (SSSR count). The number of aromatic nitrogens is 1. The molecule has 0 spiro atoms. The number of halogens is 1. The number of benzene rings is 2. The van der Waals surface area contributed by atoms with Crippen molar-refractivity contribution in [1.29, 1.82) is 0 Å². The van der Waals surface area contributed by atoms with E-state index in [9.17, 15) is 14.0 Å². The predicted octanol–water partition coefficient (Wildman–Crippen LogP) is 4.43. The molecular formula is C18H16FNO2. The van der Waals surface area contributed by atoms with E-state index in [4.69, 9.17) is 0 Å². The van der Waals surface area contributed by atoms with Gasteiger partial charge in [0, 0.05) is 33.0 Å². The van der Waals surface area contributed by atoms with E-state index in [0.717, 1.165) is 10.9 Å². The minimum atomic E-state index is -0.441. The van der Waals surface area contributed by atoms with Crippen molar-refractivity contribution in [1.82, 2.24) is 4.98 Å². The molecule has 0 aliphatic carbocycles. The van der Waals surface area contributed by atoms with E-state index in [0.29, 0.717) is 28.5 Å². The summed E-state index contributed by atoms with van der Waals surface area (Å²) in [5.41, 5.74) is 1.88. The standard InChI is InChI=1S/C18H16FNO2/c1-4-11-14(9(2)21)15(10(3)22)16-12-7-5-6-8-13(12)20-18(16)17(11)19/h5-8,20H,4H2,1-3H3. The van der Waals surface area contributed by atoms with Gasteiger partial charge in [0.15, 0.2) is 17.4 Å². The Morgan fingerprint density at radius 1 is 1.09 bits per heavy atom. The molecule has 1 N–H and O–H groups in total. The number of Topliss-reactive ketones (excluding diaryl/α,β-unsaturated/α-hetero) is 2. The Kier molecular flexibility index (Phi) is 3.32. The number of hydrogen-bond acceptors (Lipinski definition) is 2. The second-order valence-corrected chi connectivity index (χ2v) is 5.43. The molecular weight excluding hydrogens is 281 g/mol. The van der Waals surface area contributed by atoms with E-state index in [1.165, 1.54) is 13.8 Å². The van der Waals surface area contributed by atoms with Crippen LogP contribution in [0.15, 0.2) is 24.3 Å². The average molecular weight is 297 g/mol. The lowest BCUT2D eigenvalue weighted by molar-refractivity contribution is 0.0981. The van der Waals surface area contributed by atoms with Crippen LogP contribution in [0.25, 0.3) is 21.8 Å². The number of hydrogen-bond donors (Lipinski definition) is 1. The maximum absolute atomic E-state index is 14.9. The molecule has 0 saturated carbocycles. The Balaban J connectivity index is 2.68. The molecule has 22 heavy (non-hydrogen) atoms. The first kappa shape index (κ1) is 14.4. The highest BCUT2D eigenvalue weighted by Gasteiger charge is 2.26. The van der Waals surface area contributed by atoms with Crippen molar-refractivity contribution in [3.05, 3.63) is 46.8 Å². The summed E-state index contributed by atoms with van der Waals surface area (Å²) in [6.07, 6.45) is 0.354. The zero-order valence-corrected chi connectivity index (χ0v) is 12.7. The SMILES string of the molecule is CCc1c(C(C)=O)c(C(C)=O)c2c([nH]c3ccccc32)c1F. The van der Waals surface area contributed by atoms with Crippen molar-refractivity contribution < 1.29 is 14.0 Å². The van der Waals surface area contributed by atoms with Gasteiger partial charge in [-0.1, -0.05) is 25.1 Å². The Morgan fingerprint density at radius 2 is 1.73 bits per heavy atom. The summed E-state index contributed by atoms with van der Waals surface area (Å²) in [5.74, 6) is -0.952. The summed E-state index contributed by atoms with van der Waals surface area (Å²) in [4.78, 5) is 27.3. The third-order valence-electron chi connectivity index (χ3n) is 4.05. The molecule has 0 fully saturated rings. The summed E-state index contributed by atoms with van der Waals surface area (Å²) in [6, 6.07) is 7.33. The summed E-state index contributed by atoms with van der Waals surface area (Å²) >= 11 is 0. The van der Waals surface area contributed by atoms with E-state index in [1.807, 2.05) is 24.3 Å². The lowest BCUT2D eigenvalue weighted by Crippen LogP contribution is -2.11. The topological polar surface area (TPSA) is 49.9 Å². The summed E-state index contributed by atoms with van der Waals surface area (Å²) in [7, 11) is 0. The van der Waals surface area contributed by atoms with Gasteiger partial charge in [0.05, 0.1) is 5.52 Å². The van der Waals surface area contributed by atoms with Crippen molar-refractivity contribution in [2.24, 2.45) is 0 Å². The van der Waals surface area contributed by atoms with Gasteiger partial charge in [0.2, 0.25) is 0 Å². The van der Waals surface area contributed by atoms with E-state index in [2.05, 4.69) is 4.98 Å². The number of ketones is 2. The van der Waals surface area contributed by atoms with Crippen molar-refractivity contribution in [3.8, 4) is 0 Å².